The molecule has 2 aromatic carbocycles. The fourth-order valence-corrected chi connectivity index (χ4v) is 3.71. The second kappa shape index (κ2) is 7.81. The SMILES string of the molecule is Nc1ncccc1-c1nc2ccc(-c3cccc(F)c3)nc2n1-c1ccc(CCl)cc1. The van der Waals surface area contributed by atoms with Crippen molar-refractivity contribution in [2.75, 3.05) is 5.73 Å². The van der Waals surface area contributed by atoms with Crippen LogP contribution in [0.1, 0.15) is 5.56 Å². The fraction of sp³-hybridized carbons (Fsp3) is 0.0417. The lowest BCUT2D eigenvalue weighted by atomic mass is 10.1. The second-order valence-corrected chi connectivity index (χ2v) is 7.32. The zero-order valence-electron chi connectivity index (χ0n) is 16.3. The fourth-order valence-electron chi connectivity index (χ4n) is 3.53. The summed E-state index contributed by atoms with van der Waals surface area (Å²) >= 11 is 5.96. The smallest absolute Gasteiger partial charge is 0.165 e. The van der Waals surface area contributed by atoms with Gasteiger partial charge in [-0.05, 0) is 54.1 Å². The minimum absolute atomic E-state index is 0.312. The van der Waals surface area contributed by atoms with Gasteiger partial charge in [0.1, 0.15) is 17.2 Å². The molecule has 0 radical (unpaired) electrons. The lowest BCUT2D eigenvalue weighted by Gasteiger charge is -2.11. The van der Waals surface area contributed by atoms with Gasteiger partial charge in [0.15, 0.2) is 11.5 Å². The molecule has 0 saturated heterocycles. The Morgan fingerprint density at radius 1 is 0.935 bits per heavy atom. The van der Waals surface area contributed by atoms with Crippen molar-refractivity contribution in [2.45, 2.75) is 5.88 Å². The van der Waals surface area contributed by atoms with Crippen LogP contribution in [0.5, 0.6) is 0 Å². The molecule has 5 aromatic rings. The lowest BCUT2D eigenvalue weighted by Crippen LogP contribution is -2.02. The topological polar surface area (TPSA) is 69.6 Å². The molecule has 5 nitrogen and oxygen atoms in total. The third-order valence-corrected chi connectivity index (χ3v) is 5.36. The van der Waals surface area contributed by atoms with Gasteiger partial charge in [0, 0.05) is 23.3 Å². The van der Waals surface area contributed by atoms with Crippen molar-refractivity contribution in [2.24, 2.45) is 0 Å². The summed E-state index contributed by atoms with van der Waals surface area (Å²) < 4.78 is 15.7. The van der Waals surface area contributed by atoms with Gasteiger partial charge in [0.05, 0.1) is 11.3 Å². The van der Waals surface area contributed by atoms with Gasteiger partial charge in [-0.1, -0.05) is 24.3 Å². The summed E-state index contributed by atoms with van der Waals surface area (Å²) in [5, 5.41) is 0. The Hall–Kier alpha value is -3.77. The molecular weight excluding hydrogens is 413 g/mol. The summed E-state index contributed by atoms with van der Waals surface area (Å²) in [4.78, 5) is 13.8. The number of fused-ring (bicyclic) bond motifs is 1. The largest absolute Gasteiger partial charge is 0.383 e. The molecule has 3 aromatic heterocycles. The van der Waals surface area contributed by atoms with Gasteiger partial charge in [-0.2, -0.15) is 0 Å². The Bertz CT molecular complexity index is 1400. The van der Waals surface area contributed by atoms with Crippen molar-refractivity contribution < 1.29 is 4.39 Å². The van der Waals surface area contributed by atoms with E-state index in [1.54, 1.807) is 12.3 Å². The van der Waals surface area contributed by atoms with Crippen LogP contribution in [0.15, 0.2) is 79.0 Å². The van der Waals surface area contributed by atoms with Gasteiger partial charge in [-0.15, -0.1) is 11.6 Å². The minimum atomic E-state index is -0.312. The molecule has 7 heteroatoms. The number of pyridine rings is 2. The molecule has 152 valence electrons. The number of nitrogens with two attached hydrogens (primary N) is 1. The maximum atomic E-state index is 13.8. The van der Waals surface area contributed by atoms with Gasteiger partial charge >= 0.3 is 0 Å². The summed E-state index contributed by atoms with van der Waals surface area (Å²) in [5.74, 6) is 1.12. The van der Waals surface area contributed by atoms with Gasteiger partial charge < -0.3 is 5.73 Å². The summed E-state index contributed by atoms with van der Waals surface area (Å²) in [6, 6.07) is 21.6. The van der Waals surface area contributed by atoms with Crippen LogP contribution in [0, 0.1) is 5.82 Å². The number of aromatic nitrogens is 4. The molecule has 0 saturated carbocycles. The Balaban J connectivity index is 1.79. The maximum absolute atomic E-state index is 13.8. The van der Waals surface area contributed by atoms with Crippen molar-refractivity contribution in [3.8, 4) is 28.3 Å². The first-order valence-electron chi connectivity index (χ1n) is 9.65. The van der Waals surface area contributed by atoms with Crippen molar-refractivity contribution in [1.82, 2.24) is 19.5 Å². The number of halogens is 2. The predicted octanol–water partition coefficient (Wildman–Crippen LogP) is 5.61. The number of benzene rings is 2. The van der Waals surface area contributed by atoms with Crippen LogP contribution in [-0.2, 0) is 5.88 Å². The molecule has 3 heterocycles. The summed E-state index contributed by atoms with van der Waals surface area (Å²) in [6.07, 6.45) is 1.64. The number of alkyl halides is 1. The minimum Gasteiger partial charge on any atom is -0.383 e. The van der Waals surface area contributed by atoms with Crippen LogP contribution < -0.4 is 5.73 Å². The number of nitrogen functional groups attached to an aromatic ring is 1. The van der Waals surface area contributed by atoms with Gasteiger partial charge in [0.2, 0.25) is 0 Å². The van der Waals surface area contributed by atoms with Crippen LogP contribution >= 0.6 is 11.6 Å². The highest BCUT2D eigenvalue weighted by molar-refractivity contribution is 6.17. The standard InChI is InChI=1S/C24H17ClFN5/c25-14-15-6-8-18(9-7-15)31-23(19-5-2-12-28-22(19)27)30-21-11-10-20(29-24(21)31)16-3-1-4-17(26)13-16/h1-13H,14H2,(H2,27,28). The van der Waals surface area contributed by atoms with Crippen LogP contribution in [-0.4, -0.2) is 19.5 Å². The molecule has 0 spiro atoms. The monoisotopic (exact) mass is 429 g/mol. The zero-order chi connectivity index (χ0) is 21.4. The Labute approximate surface area is 183 Å². The molecule has 0 aliphatic heterocycles. The van der Waals surface area contributed by atoms with Crippen LogP contribution in [0.3, 0.4) is 0 Å². The van der Waals surface area contributed by atoms with Crippen LogP contribution in [0.25, 0.3) is 39.5 Å². The van der Waals surface area contributed by atoms with E-state index in [4.69, 9.17) is 27.3 Å². The number of hydrogen-bond acceptors (Lipinski definition) is 4. The van der Waals surface area contributed by atoms with Gasteiger partial charge in [-0.25, -0.2) is 19.3 Å². The van der Waals surface area contributed by atoms with Crippen molar-refractivity contribution in [3.05, 3.63) is 90.4 Å². The highest BCUT2D eigenvalue weighted by atomic mass is 35.5. The molecule has 0 unspecified atom stereocenters. The van der Waals surface area contributed by atoms with E-state index in [1.807, 2.05) is 59.2 Å². The molecule has 0 atom stereocenters. The molecular formula is C24H17ClFN5. The van der Waals surface area contributed by atoms with E-state index >= 15 is 0 Å². The Morgan fingerprint density at radius 2 is 1.77 bits per heavy atom. The van der Waals surface area contributed by atoms with E-state index < -0.39 is 0 Å². The first kappa shape index (κ1) is 19.2. The molecule has 5 rings (SSSR count). The maximum Gasteiger partial charge on any atom is 0.165 e. The summed E-state index contributed by atoms with van der Waals surface area (Å²) in [7, 11) is 0. The number of imidazole rings is 1. The number of anilines is 1. The van der Waals surface area contributed by atoms with Gasteiger partial charge in [-0.3, -0.25) is 4.57 Å². The number of hydrogen-bond donors (Lipinski definition) is 1. The highest BCUT2D eigenvalue weighted by Crippen LogP contribution is 2.31. The highest BCUT2D eigenvalue weighted by Gasteiger charge is 2.18. The van der Waals surface area contributed by atoms with Crippen LogP contribution in [0.2, 0.25) is 0 Å². The van der Waals surface area contributed by atoms with Crippen molar-refractivity contribution in [3.63, 3.8) is 0 Å². The molecule has 31 heavy (non-hydrogen) atoms. The molecule has 2 N–H and O–H groups in total. The van der Waals surface area contributed by atoms with Crippen molar-refractivity contribution >= 4 is 28.6 Å². The average molecular weight is 430 g/mol. The molecule has 0 aliphatic carbocycles. The summed E-state index contributed by atoms with van der Waals surface area (Å²) in [5.41, 5.74) is 11.4. The lowest BCUT2D eigenvalue weighted by molar-refractivity contribution is 0.628. The van der Waals surface area contributed by atoms with Crippen LogP contribution in [0.4, 0.5) is 10.2 Å². The molecule has 0 amide bonds. The first-order valence-corrected chi connectivity index (χ1v) is 10.2. The Kier molecular flexibility index (Phi) is 4.84. The summed E-state index contributed by atoms with van der Waals surface area (Å²) in [6.45, 7) is 0. The first-order chi connectivity index (χ1) is 15.1. The predicted molar refractivity (Wildman–Crippen MR) is 121 cm³/mol. The number of nitrogens with zero attached hydrogens (tertiary/aromatic N) is 4. The molecule has 0 bridgehead atoms. The third-order valence-electron chi connectivity index (χ3n) is 5.05. The molecule has 0 aliphatic rings. The van der Waals surface area contributed by atoms with E-state index in [9.17, 15) is 4.39 Å². The zero-order valence-corrected chi connectivity index (χ0v) is 17.1. The van der Waals surface area contributed by atoms with Gasteiger partial charge in [0.25, 0.3) is 0 Å². The van der Waals surface area contributed by atoms with E-state index in [2.05, 4.69) is 4.98 Å². The number of rotatable bonds is 4. The second-order valence-electron chi connectivity index (χ2n) is 7.06. The van der Waals surface area contributed by atoms with E-state index in [0.717, 1.165) is 11.3 Å². The normalized spacial score (nSPS) is 11.2. The van der Waals surface area contributed by atoms with E-state index in [0.29, 0.717) is 45.5 Å². The van der Waals surface area contributed by atoms with E-state index in [-0.39, 0.29) is 5.82 Å². The average Bonchev–Trinajstić information content (AvgIpc) is 3.18. The van der Waals surface area contributed by atoms with Crippen molar-refractivity contribution in [1.29, 1.82) is 0 Å². The van der Waals surface area contributed by atoms with E-state index in [1.165, 1.54) is 12.1 Å². The molecule has 0 fully saturated rings. The quantitative estimate of drug-likeness (QED) is 0.377. The third kappa shape index (κ3) is 3.51. The Morgan fingerprint density at radius 3 is 2.52 bits per heavy atom.